The third-order valence-electron chi connectivity index (χ3n) is 7.05. The zero-order valence-electron chi connectivity index (χ0n) is 17.7. The van der Waals surface area contributed by atoms with Gasteiger partial charge in [0.1, 0.15) is 11.7 Å². The Bertz CT molecular complexity index is 695. The van der Waals surface area contributed by atoms with Crippen molar-refractivity contribution in [2.45, 2.75) is 84.5 Å². The highest BCUT2D eigenvalue weighted by atomic mass is 16.6. The fraction of sp³-hybridized carbons (Fsp3) is 0.739. The average Bonchev–Trinajstić information content (AvgIpc) is 2.54. The molecule has 1 heterocycles. The number of ether oxygens (including phenoxy) is 2. The van der Waals surface area contributed by atoms with Gasteiger partial charge in [-0.1, -0.05) is 39.0 Å². The second kappa shape index (κ2) is 7.66. The number of carbonyl (C=O) groups is 2. The average molecular weight is 391 g/mol. The van der Waals surface area contributed by atoms with E-state index in [0.29, 0.717) is 24.7 Å². The highest BCUT2D eigenvalue weighted by molar-refractivity contribution is 5.71. The van der Waals surface area contributed by atoms with E-state index in [0.717, 1.165) is 12.8 Å². The van der Waals surface area contributed by atoms with Gasteiger partial charge in [-0.15, -0.1) is 0 Å². The minimum absolute atomic E-state index is 0.0785. The van der Waals surface area contributed by atoms with Crippen LogP contribution >= 0.6 is 0 Å². The molecule has 2 aliphatic carbocycles. The van der Waals surface area contributed by atoms with Crippen molar-refractivity contribution in [3.63, 3.8) is 0 Å². The number of fused-ring (bicyclic) bond motifs is 1. The van der Waals surface area contributed by atoms with Crippen molar-refractivity contribution in [1.82, 2.24) is 0 Å². The maximum absolute atomic E-state index is 11.8. The molecule has 1 fully saturated rings. The van der Waals surface area contributed by atoms with Crippen LogP contribution < -0.4 is 0 Å². The SMILES string of the molecule is CC(=O)OC1CC(C)C=C2C=CC(C)C(CCC3(C)CC(O)CC(=O)O3)C21C. The first-order chi connectivity index (χ1) is 13.0. The van der Waals surface area contributed by atoms with Crippen LogP contribution in [-0.4, -0.2) is 34.9 Å². The molecule has 7 unspecified atom stereocenters. The van der Waals surface area contributed by atoms with Crippen LogP contribution in [0.1, 0.15) is 66.7 Å². The van der Waals surface area contributed by atoms with E-state index in [2.05, 4.69) is 39.0 Å². The van der Waals surface area contributed by atoms with Crippen LogP contribution in [-0.2, 0) is 19.1 Å². The van der Waals surface area contributed by atoms with Gasteiger partial charge < -0.3 is 14.6 Å². The van der Waals surface area contributed by atoms with Crippen molar-refractivity contribution < 1.29 is 24.2 Å². The monoisotopic (exact) mass is 390 g/mol. The molecule has 3 rings (SSSR count). The lowest BCUT2D eigenvalue weighted by atomic mass is 9.55. The number of hydrogen-bond acceptors (Lipinski definition) is 5. The molecule has 0 amide bonds. The zero-order valence-corrected chi connectivity index (χ0v) is 17.7. The summed E-state index contributed by atoms with van der Waals surface area (Å²) in [5.41, 5.74) is 0.334. The molecule has 5 nitrogen and oxygen atoms in total. The smallest absolute Gasteiger partial charge is 0.308 e. The van der Waals surface area contributed by atoms with E-state index >= 15 is 0 Å². The molecule has 0 saturated carbocycles. The summed E-state index contributed by atoms with van der Waals surface area (Å²) < 4.78 is 11.5. The number of allylic oxidation sites excluding steroid dienone is 3. The first-order valence-electron chi connectivity index (χ1n) is 10.5. The highest BCUT2D eigenvalue weighted by Crippen LogP contribution is 2.54. The summed E-state index contributed by atoms with van der Waals surface area (Å²) in [7, 11) is 0. The van der Waals surface area contributed by atoms with Gasteiger partial charge >= 0.3 is 11.9 Å². The van der Waals surface area contributed by atoms with E-state index in [1.807, 2.05) is 6.92 Å². The van der Waals surface area contributed by atoms with Crippen LogP contribution in [0, 0.1) is 23.2 Å². The molecule has 0 aromatic carbocycles. The molecule has 7 atom stereocenters. The molecule has 1 saturated heterocycles. The number of cyclic esters (lactones) is 1. The molecule has 3 aliphatic rings. The molecule has 156 valence electrons. The molecule has 0 aromatic heterocycles. The normalized spacial score (nSPS) is 43.0. The van der Waals surface area contributed by atoms with Gasteiger partial charge in [-0.2, -0.15) is 0 Å². The largest absolute Gasteiger partial charge is 0.462 e. The molecule has 0 aromatic rings. The molecule has 1 aliphatic heterocycles. The minimum atomic E-state index is -0.644. The summed E-state index contributed by atoms with van der Waals surface area (Å²) in [5.74, 6) is 0.376. The van der Waals surface area contributed by atoms with Gasteiger partial charge in [-0.05, 0) is 49.5 Å². The van der Waals surface area contributed by atoms with Gasteiger partial charge in [0.2, 0.25) is 0 Å². The van der Waals surface area contributed by atoms with Crippen molar-refractivity contribution in [2.75, 3.05) is 0 Å². The van der Waals surface area contributed by atoms with E-state index in [1.54, 1.807) is 0 Å². The lowest BCUT2D eigenvalue weighted by Gasteiger charge is -2.52. The molecular weight excluding hydrogens is 356 g/mol. The summed E-state index contributed by atoms with van der Waals surface area (Å²) >= 11 is 0. The summed E-state index contributed by atoms with van der Waals surface area (Å²) in [6, 6.07) is 0. The maximum Gasteiger partial charge on any atom is 0.308 e. The number of rotatable bonds is 4. The van der Waals surface area contributed by atoms with E-state index < -0.39 is 11.7 Å². The second-order valence-corrected chi connectivity index (χ2v) is 9.57. The van der Waals surface area contributed by atoms with E-state index in [4.69, 9.17) is 9.47 Å². The van der Waals surface area contributed by atoms with Crippen LogP contribution in [0.4, 0.5) is 0 Å². The molecule has 0 spiro atoms. The Morgan fingerprint density at radius 3 is 2.71 bits per heavy atom. The van der Waals surface area contributed by atoms with Crippen molar-refractivity contribution in [3.8, 4) is 0 Å². The Hall–Kier alpha value is -1.62. The summed E-state index contributed by atoms with van der Waals surface area (Å²) in [4.78, 5) is 23.7. The number of carbonyl (C=O) groups excluding carboxylic acids is 2. The number of aliphatic hydroxyl groups excluding tert-OH is 1. The molecule has 0 bridgehead atoms. The first-order valence-corrected chi connectivity index (χ1v) is 10.5. The topological polar surface area (TPSA) is 72.8 Å². The van der Waals surface area contributed by atoms with Crippen molar-refractivity contribution in [1.29, 1.82) is 0 Å². The number of aliphatic hydroxyl groups is 1. The fourth-order valence-corrected chi connectivity index (χ4v) is 5.61. The van der Waals surface area contributed by atoms with Gasteiger partial charge in [0.15, 0.2) is 0 Å². The van der Waals surface area contributed by atoms with Crippen LogP contribution in [0.5, 0.6) is 0 Å². The van der Waals surface area contributed by atoms with Crippen LogP contribution in [0.2, 0.25) is 0 Å². The van der Waals surface area contributed by atoms with Crippen LogP contribution in [0.25, 0.3) is 0 Å². The van der Waals surface area contributed by atoms with Crippen molar-refractivity contribution in [2.24, 2.45) is 23.2 Å². The van der Waals surface area contributed by atoms with E-state index in [9.17, 15) is 14.7 Å². The van der Waals surface area contributed by atoms with Gasteiger partial charge in [-0.3, -0.25) is 9.59 Å². The number of hydrogen-bond donors (Lipinski definition) is 1. The van der Waals surface area contributed by atoms with E-state index in [1.165, 1.54) is 12.5 Å². The number of esters is 2. The molecule has 0 radical (unpaired) electrons. The summed E-state index contributed by atoms with van der Waals surface area (Å²) in [6.45, 7) is 9.98. The Morgan fingerprint density at radius 1 is 1.36 bits per heavy atom. The third kappa shape index (κ3) is 4.05. The quantitative estimate of drug-likeness (QED) is 0.736. The maximum atomic E-state index is 11.8. The fourth-order valence-electron chi connectivity index (χ4n) is 5.61. The van der Waals surface area contributed by atoms with Gasteiger partial charge in [0.25, 0.3) is 0 Å². The van der Waals surface area contributed by atoms with Crippen LogP contribution in [0.3, 0.4) is 0 Å². The van der Waals surface area contributed by atoms with Crippen molar-refractivity contribution in [3.05, 3.63) is 23.8 Å². The molecular formula is C23H34O5. The second-order valence-electron chi connectivity index (χ2n) is 9.57. The molecule has 5 heteroatoms. The predicted molar refractivity (Wildman–Crippen MR) is 106 cm³/mol. The lowest BCUT2D eigenvalue weighted by Crippen LogP contribution is -2.50. The van der Waals surface area contributed by atoms with Crippen LogP contribution in [0.15, 0.2) is 23.8 Å². The lowest BCUT2D eigenvalue weighted by molar-refractivity contribution is -0.176. The summed E-state index contributed by atoms with van der Waals surface area (Å²) in [6.07, 6.45) is 8.84. The van der Waals surface area contributed by atoms with Gasteiger partial charge in [-0.25, -0.2) is 0 Å². The van der Waals surface area contributed by atoms with Gasteiger partial charge in [0.05, 0.1) is 12.5 Å². The Balaban J connectivity index is 1.86. The first kappa shape index (κ1) is 21.1. The van der Waals surface area contributed by atoms with Crippen molar-refractivity contribution >= 4 is 11.9 Å². The Labute approximate surface area is 168 Å². The third-order valence-corrected chi connectivity index (χ3v) is 7.05. The predicted octanol–water partition coefficient (Wildman–Crippen LogP) is 3.95. The van der Waals surface area contributed by atoms with E-state index in [-0.39, 0.29) is 35.8 Å². The standard InChI is InChI=1S/C23H34O5/c1-14-10-17-7-6-15(2)19(23(17,5)20(11-14)27-16(3)24)8-9-22(4)13-18(25)12-21(26)28-22/h6-7,10,14-15,18-20,25H,8-9,11-13H2,1-5H3. The summed E-state index contributed by atoms with van der Waals surface area (Å²) in [5, 5.41) is 10.0. The molecule has 28 heavy (non-hydrogen) atoms. The Morgan fingerprint density at radius 2 is 2.07 bits per heavy atom. The zero-order chi connectivity index (χ0) is 20.7. The molecule has 1 N–H and O–H groups in total. The minimum Gasteiger partial charge on any atom is -0.462 e. The Kier molecular flexibility index (Phi) is 5.77. The highest BCUT2D eigenvalue weighted by Gasteiger charge is 2.51. The van der Waals surface area contributed by atoms with Gasteiger partial charge in [0, 0.05) is 18.8 Å².